The van der Waals surface area contributed by atoms with Crippen LogP contribution in [0.25, 0.3) is 16.9 Å². The normalized spacial score (nSPS) is 11.0. The summed E-state index contributed by atoms with van der Waals surface area (Å²) in [5, 5.41) is 8.94. The van der Waals surface area contributed by atoms with Crippen molar-refractivity contribution in [1.29, 1.82) is 0 Å². The third kappa shape index (κ3) is 4.55. The minimum atomic E-state index is -0.278. The molecule has 5 nitrogen and oxygen atoms in total. The van der Waals surface area contributed by atoms with Crippen LogP contribution in [0.15, 0.2) is 94.6 Å². The van der Waals surface area contributed by atoms with Gasteiger partial charge >= 0.3 is 0 Å². The molecule has 0 fully saturated rings. The van der Waals surface area contributed by atoms with E-state index in [0.29, 0.717) is 5.56 Å². The number of hydrogen-bond donors (Lipinski definition) is 1. The Morgan fingerprint density at radius 2 is 1.83 bits per heavy atom. The summed E-state index contributed by atoms with van der Waals surface area (Å²) >= 11 is 3.37. The smallest absolute Gasteiger partial charge is 0.267 e. The van der Waals surface area contributed by atoms with Crippen LogP contribution in [0, 0.1) is 6.92 Å². The second-order valence-corrected chi connectivity index (χ2v) is 7.71. The lowest BCUT2D eigenvalue weighted by molar-refractivity contribution is 0.0955. The Bertz CT molecular complexity index is 1210. The van der Waals surface area contributed by atoms with Crippen molar-refractivity contribution >= 4 is 28.1 Å². The molecule has 0 aliphatic carbocycles. The van der Waals surface area contributed by atoms with Gasteiger partial charge in [0.2, 0.25) is 0 Å². The van der Waals surface area contributed by atoms with Gasteiger partial charge in [-0.2, -0.15) is 10.2 Å². The van der Waals surface area contributed by atoms with Crippen molar-refractivity contribution < 1.29 is 4.79 Å². The molecule has 0 atom stereocenters. The van der Waals surface area contributed by atoms with Gasteiger partial charge < -0.3 is 0 Å². The molecule has 1 amide bonds. The number of para-hydroxylation sites is 1. The van der Waals surface area contributed by atoms with Crippen LogP contribution in [-0.4, -0.2) is 21.9 Å². The third-order valence-electron chi connectivity index (χ3n) is 4.51. The number of rotatable bonds is 5. The van der Waals surface area contributed by atoms with Crippen LogP contribution < -0.4 is 5.43 Å². The molecule has 4 rings (SSSR count). The van der Waals surface area contributed by atoms with Crippen LogP contribution in [0.2, 0.25) is 0 Å². The maximum atomic E-state index is 12.3. The number of hydrogen-bond acceptors (Lipinski definition) is 3. The van der Waals surface area contributed by atoms with E-state index < -0.39 is 0 Å². The average Bonchev–Trinajstić information content (AvgIpc) is 3.18. The summed E-state index contributed by atoms with van der Waals surface area (Å²) in [6.07, 6.45) is 3.53. The first-order valence-electron chi connectivity index (χ1n) is 9.41. The summed E-state index contributed by atoms with van der Waals surface area (Å²) in [7, 11) is 0. The van der Waals surface area contributed by atoms with Crippen LogP contribution in [0.5, 0.6) is 0 Å². The van der Waals surface area contributed by atoms with Gasteiger partial charge in [0.25, 0.3) is 5.91 Å². The number of amides is 1. The zero-order valence-electron chi connectivity index (χ0n) is 16.3. The number of benzene rings is 3. The van der Waals surface area contributed by atoms with Crippen LogP contribution in [0.1, 0.15) is 21.5 Å². The minimum absolute atomic E-state index is 0.278. The summed E-state index contributed by atoms with van der Waals surface area (Å²) in [4.78, 5) is 12.3. The molecule has 1 aromatic heterocycles. The second-order valence-electron chi connectivity index (χ2n) is 6.79. The molecule has 1 N–H and O–H groups in total. The van der Waals surface area contributed by atoms with Gasteiger partial charge in [0.15, 0.2) is 0 Å². The van der Waals surface area contributed by atoms with Gasteiger partial charge in [-0.3, -0.25) is 4.79 Å². The zero-order valence-corrected chi connectivity index (χ0v) is 17.9. The summed E-state index contributed by atoms with van der Waals surface area (Å²) in [6.45, 7) is 2.05. The SMILES string of the molecule is Cc1cccc(-c2nn(-c3ccccc3)cc2/C=N\NC(=O)c2cccc(Br)c2)c1. The molecule has 1 heterocycles. The fourth-order valence-electron chi connectivity index (χ4n) is 3.07. The van der Waals surface area contributed by atoms with E-state index >= 15 is 0 Å². The molecule has 3 aromatic carbocycles. The van der Waals surface area contributed by atoms with Crippen molar-refractivity contribution in [3.05, 3.63) is 106 Å². The summed E-state index contributed by atoms with van der Waals surface area (Å²) in [6, 6.07) is 25.2. The van der Waals surface area contributed by atoms with Crippen LogP contribution in [0.3, 0.4) is 0 Å². The number of nitrogens with one attached hydrogen (secondary N) is 1. The molecule has 0 aliphatic heterocycles. The molecule has 0 radical (unpaired) electrons. The predicted octanol–water partition coefficient (Wildman–Crippen LogP) is 5.37. The van der Waals surface area contributed by atoms with Crippen molar-refractivity contribution in [1.82, 2.24) is 15.2 Å². The van der Waals surface area contributed by atoms with E-state index in [4.69, 9.17) is 5.10 Å². The molecule has 4 aromatic rings. The number of aromatic nitrogens is 2. The molecule has 0 aliphatic rings. The summed E-state index contributed by atoms with van der Waals surface area (Å²) in [5.41, 5.74) is 7.80. The Morgan fingerprint density at radius 3 is 2.60 bits per heavy atom. The molecular formula is C24H19BrN4O. The van der Waals surface area contributed by atoms with Gasteiger partial charge in [-0.1, -0.05) is 64.0 Å². The van der Waals surface area contributed by atoms with E-state index in [-0.39, 0.29) is 5.91 Å². The lowest BCUT2D eigenvalue weighted by atomic mass is 10.1. The van der Waals surface area contributed by atoms with Crippen molar-refractivity contribution in [2.75, 3.05) is 0 Å². The predicted molar refractivity (Wildman–Crippen MR) is 123 cm³/mol. The van der Waals surface area contributed by atoms with Gasteiger partial charge in [0.1, 0.15) is 5.69 Å². The number of carbonyl (C=O) groups excluding carboxylic acids is 1. The summed E-state index contributed by atoms with van der Waals surface area (Å²) < 4.78 is 2.65. The van der Waals surface area contributed by atoms with Gasteiger partial charge in [-0.05, 0) is 43.3 Å². The standard InChI is InChI=1S/C24H19BrN4O/c1-17-7-5-8-18(13-17)23-20(16-29(28-23)22-11-3-2-4-12-22)15-26-27-24(30)19-9-6-10-21(25)14-19/h2-16H,1H3,(H,27,30)/b26-15-. The van der Waals surface area contributed by atoms with E-state index in [1.165, 1.54) is 0 Å². The Morgan fingerprint density at radius 1 is 1.03 bits per heavy atom. The van der Waals surface area contributed by atoms with Gasteiger partial charge in [0.05, 0.1) is 11.9 Å². The number of nitrogens with zero attached hydrogens (tertiary/aromatic N) is 3. The molecule has 30 heavy (non-hydrogen) atoms. The average molecular weight is 459 g/mol. The van der Waals surface area contributed by atoms with Crippen molar-refractivity contribution in [2.24, 2.45) is 5.10 Å². The van der Waals surface area contributed by atoms with E-state index in [1.807, 2.05) is 78.5 Å². The van der Waals surface area contributed by atoms with E-state index in [9.17, 15) is 4.79 Å². The minimum Gasteiger partial charge on any atom is -0.267 e. The van der Waals surface area contributed by atoms with Gasteiger partial charge in [-0.15, -0.1) is 0 Å². The first kappa shape index (κ1) is 19.8. The number of halogens is 1. The van der Waals surface area contributed by atoms with Crippen LogP contribution in [-0.2, 0) is 0 Å². The maximum Gasteiger partial charge on any atom is 0.271 e. The van der Waals surface area contributed by atoms with Gasteiger partial charge in [-0.25, -0.2) is 10.1 Å². The highest BCUT2D eigenvalue weighted by Crippen LogP contribution is 2.23. The maximum absolute atomic E-state index is 12.3. The fraction of sp³-hybridized carbons (Fsp3) is 0.0417. The lowest BCUT2D eigenvalue weighted by Gasteiger charge is -2.02. The molecule has 0 bridgehead atoms. The van der Waals surface area contributed by atoms with Gasteiger partial charge in [0, 0.05) is 27.4 Å². The van der Waals surface area contributed by atoms with Crippen molar-refractivity contribution in [3.8, 4) is 16.9 Å². The Kier molecular flexibility index (Phi) is 5.86. The Balaban J connectivity index is 1.65. The first-order chi connectivity index (χ1) is 14.6. The van der Waals surface area contributed by atoms with Crippen LogP contribution in [0.4, 0.5) is 0 Å². The van der Waals surface area contributed by atoms with E-state index in [0.717, 1.165) is 32.5 Å². The quantitative estimate of drug-likeness (QED) is 0.322. The molecule has 0 unspecified atom stereocenters. The van der Waals surface area contributed by atoms with E-state index in [2.05, 4.69) is 32.5 Å². The van der Waals surface area contributed by atoms with E-state index in [1.54, 1.807) is 18.3 Å². The molecule has 0 saturated heterocycles. The molecule has 0 spiro atoms. The Labute approximate surface area is 183 Å². The zero-order chi connectivity index (χ0) is 20.9. The molecular weight excluding hydrogens is 440 g/mol. The molecule has 0 saturated carbocycles. The third-order valence-corrected chi connectivity index (χ3v) is 5.00. The number of hydrazone groups is 1. The number of carbonyl (C=O) groups is 1. The number of aryl methyl sites for hydroxylation is 1. The van der Waals surface area contributed by atoms with Crippen LogP contribution >= 0.6 is 15.9 Å². The molecule has 6 heteroatoms. The highest BCUT2D eigenvalue weighted by molar-refractivity contribution is 9.10. The topological polar surface area (TPSA) is 59.3 Å². The largest absolute Gasteiger partial charge is 0.271 e. The highest BCUT2D eigenvalue weighted by atomic mass is 79.9. The molecule has 148 valence electrons. The van der Waals surface area contributed by atoms with Crippen molar-refractivity contribution in [2.45, 2.75) is 6.92 Å². The Hall–Kier alpha value is -3.51. The fourth-order valence-corrected chi connectivity index (χ4v) is 3.47. The monoisotopic (exact) mass is 458 g/mol. The first-order valence-corrected chi connectivity index (χ1v) is 10.2. The second kappa shape index (κ2) is 8.88. The van der Waals surface area contributed by atoms with Crippen molar-refractivity contribution in [3.63, 3.8) is 0 Å². The summed E-state index contributed by atoms with van der Waals surface area (Å²) in [5.74, 6) is -0.278. The highest BCUT2D eigenvalue weighted by Gasteiger charge is 2.12. The lowest BCUT2D eigenvalue weighted by Crippen LogP contribution is -2.17.